The first-order valence-corrected chi connectivity index (χ1v) is 15.4. The maximum absolute atomic E-state index is 13.7. The van der Waals surface area contributed by atoms with E-state index < -0.39 is 10.0 Å². The average Bonchev–Trinajstić information content (AvgIpc) is 3.65. The first kappa shape index (κ1) is 29.4. The first-order chi connectivity index (χ1) is 18.8. The van der Waals surface area contributed by atoms with Crippen LogP contribution in [0.1, 0.15) is 23.3 Å². The molecular formula is C28H33ClN2O6S2. The molecule has 1 saturated heterocycles. The predicted molar refractivity (Wildman–Crippen MR) is 152 cm³/mol. The molecule has 0 N–H and O–H groups in total. The van der Waals surface area contributed by atoms with E-state index in [0.717, 1.165) is 23.3 Å². The van der Waals surface area contributed by atoms with E-state index in [1.165, 1.54) is 28.6 Å². The summed E-state index contributed by atoms with van der Waals surface area (Å²) in [4.78, 5) is 16.6. The van der Waals surface area contributed by atoms with Crippen molar-refractivity contribution in [1.82, 2.24) is 9.21 Å². The molecular weight excluding hydrogens is 560 g/mol. The third-order valence-corrected chi connectivity index (χ3v) is 9.53. The SMILES string of the molecule is COc1ccc(CCN(Cc2cccs2)C(=O)CN(CC2CCCO2)S(=O)(=O)c2ccc(Cl)cc2)cc1OC. The summed E-state index contributed by atoms with van der Waals surface area (Å²) in [5, 5.41) is 2.40. The predicted octanol–water partition coefficient (Wildman–Crippen LogP) is 4.86. The normalized spacial score (nSPS) is 15.4. The van der Waals surface area contributed by atoms with E-state index in [1.54, 1.807) is 30.5 Å². The van der Waals surface area contributed by atoms with Gasteiger partial charge in [0, 0.05) is 29.6 Å². The Hall–Kier alpha value is -2.63. The molecule has 1 atom stereocenters. The number of hydrogen-bond acceptors (Lipinski definition) is 7. The fourth-order valence-corrected chi connectivity index (χ4v) is 6.72. The Kier molecular flexibility index (Phi) is 10.3. The molecule has 1 unspecified atom stereocenters. The van der Waals surface area contributed by atoms with Crippen molar-refractivity contribution in [2.45, 2.75) is 36.8 Å². The Bertz CT molecular complexity index is 1330. The van der Waals surface area contributed by atoms with Crippen molar-refractivity contribution in [2.24, 2.45) is 0 Å². The van der Waals surface area contributed by atoms with Gasteiger partial charge in [-0.1, -0.05) is 23.7 Å². The van der Waals surface area contributed by atoms with E-state index in [0.29, 0.717) is 42.6 Å². The van der Waals surface area contributed by atoms with Gasteiger partial charge in [0.25, 0.3) is 0 Å². The van der Waals surface area contributed by atoms with Crippen LogP contribution in [0.15, 0.2) is 64.9 Å². The number of rotatable bonds is 13. The van der Waals surface area contributed by atoms with Crippen LogP contribution in [0.3, 0.4) is 0 Å². The molecule has 0 saturated carbocycles. The van der Waals surface area contributed by atoms with E-state index in [1.807, 2.05) is 35.7 Å². The molecule has 0 spiro atoms. The summed E-state index contributed by atoms with van der Waals surface area (Å²) in [6.07, 6.45) is 1.92. The van der Waals surface area contributed by atoms with Crippen LogP contribution in [0.4, 0.5) is 0 Å². The molecule has 39 heavy (non-hydrogen) atoms. The van der Waals surface area contributed by atoms with Gasteiger partial charge < -0.3 is 19.1 Å². The van der Waals surface area contributed by atoms with Gasteiger partial charge >= 0.3 is 0 Å². The number of carbonyl (C=O) groups excluding carboxylic acids is 1. The summed E-state index contributed by atoms with van der Waals surface area (Å²) in [6.45, 7) is 1.20. The van der Waals surface area contributed by atoms with Crippen molar-refractivity contribution >= 4 is 38.9 Å². The van der Waals surface area contributed by atoms with Crippen LogP contribution in [0.2, 0.25) is 5.02 Å². The zero-order valence-corrected chi connectivity index (χ0v) is 24.4. The van der Waals surface area contributed by atoms with E-state index in [9.17, 15) is 13.2 Å². The van der Waals surface area contributed by atoms with E-state index in [2.05, 4.69) is 0 Å². The summed E-state index contributed by atoms with van der Waals surface area (Å²) >= 11 is 7.55. The van der Waals surface area contributed by atoms with Gasteiger partial charge in [0.1, 0.15) is 0 Å². The summed E-state index contributed by atoms with van der Waals surface area (Å²) in [5.41, 5.74) is 0.974. The molecule has 0 bridgehead atoms. The van der Waals surface area contributed by atoms with Crippen LogP contribution in [-0.4, -0.2) is 70.1 Å². The number of carbonyl (C=O) groups is 1. The highest BCUT2D eigenvalue weighted by Gasteiger charge is 2.32. The number of halogens is 1. The van der Waals surface area contributed by atoms with Crippen LogP contribution < -0.4 is 9.47 Å². The molecule has 1 amide bonds. The van der Waals surface area contributed by atoms with E-state index in [4.69, 9.17) is 25.8 Å². The summed E-state index contributed by atoms with van der Waals surface area (Å²) in [7, 11) is -0.796. The molecule has 3 aromatic rings. The van der Waals surface area contributed by atoms with Gasteiger partial charge in [0.2, 0.25) is 15.9 Å². The number of nitrogens with zero attached hydrogens (tertiary/aromatic N) is 2. The Morgan fingerprint density at radius 1 is 1.10 bits per heavy atom. The third-order valence-electron chi connectivity index (χ3n) is 6.59. The van der Waals surface area contributed by atoms with Crippen molar-refractivity contribution in [2.75, 3.05) is 40.5 Å². The molecule has 1 fully saturated rings. The van der Waals surface area contributed by atoms with Crippen molar-refractivity contribution in [3.05, 3.63) is 75.4 Å². The molecule has 1 aliphatic rings. The highest BCUT2D eigenvalue weighted by atomic mass is 35.5. The summed E-state index contributed by atoms with van der Waals surface area (Å²) < 4.78 is 45.0. The van der Waals surface area contributed by atoms with Crippen LogP contribution in [0.5, 0.6) is 11.5 Å². The number of amides is 1. The minimum Gasteiger partial charge on any atom is -0.493 e. The Morgan fingerprint density at radius 3 is 2.51 bits per heavy atom. The quantitative estimate of drug-likeness (QED) is 0.282. The maximum Gasteiger partial charge on any atom is 0.243 e. The molecule has 4 rings (SSSR count). The van der Waals surface area contributed by atoms with Crippen molar-refractivity contribution in [3.63, 3.8) is 0 Å². The van der Waals surface area contributed by atoms with Gasteiger partial charge in [-0.2, -0.15) is 4.31 Å². The average molecular weight is 593 g/mol. The van der Waals surface area contributed by atoms with Crippen LogP contribution in [0, 0.1) is 0 Å². The van der Waals surface area contributed by atoms with Gasteiger partial charge in [-0.25, -0.2) is 8.42 Å². The molecule has 11 heteroatoms. The monoisotopic (exact) mass is 592 g/mol. The van der Waals surface area contributed by atoms with Gasteiger partial charge in [-0.15, -0.1) is 11.3 Å². The number of sulfonamides is 1. The topological polar surface area (TPSA) is 85.4 Å². The molecule has 210 valence electrons. The molecule has 0 aliphatic carbocycles. The van der Waals surface area contributed by atoms with Gasteiger partial charge in [0.05, 0.1) is 38.3 Å². The molecule has 1 aromatic heterocycles. The van der Waals surface area contributed by atoms with E-state index in [-0.39, 0.29) is 30.0 Å². The van der Waals surface area contributed by atoms with Crippen molar-refractivity contribution in [3.8, 4) is 11.5 Å². The molecule has 0 radical (unpaired) electrons. The zero-order chi connectivity index (χ0) is 27.8. The second-order valence-corrected chi connectivity index (χ2v) is 12.6. The second-order valence-electron chi connectivity index (χ2n) is 9.22. The molecule has 8 nitrogen and oxygen atoms in total. The highest BCUT2D eigenvalue weighted by molar-refractivity contribution is 7.89. The van der Waals surface area contributed by atoms with Gasteiger partial charge in [-0.05, 0) is 72.7 Å². The second kappa shape index (κ2) is 13.6. The van der Waals surface area contributed by atoms with Gasteiger partial charge in [0.15, 0.2) is 11.5 Å². The van der Waals surface area contributed by atoms with Crippen molar-refractivity contribution in [1.29, 1.82) is 0 Å². The summed E-state index contributed by atoms with van der Waals surface area (Å²) in [5.74, 6) is 0.965. The maximum atomic E-state index is 13.7. The Labute approximate surface area is 239 Å². The lowest BCUT2D eigenvalue weighted by Gasteiger charge is -2.28. The van der Waals surface area contributed by atoms with Crippen LogP contribution in [-0.2, 0) is 32.5 Å². The van der Waals surface area contributed by atoms with Crippen LogP contribution in [0.25, 0.3) is 0 Å². The standard InChI is InChI=1S/C28H33ClN2O6S2/c1-35-26-12-7-21(17-27(26)36-2)13-14-30(19-24-6-4-16-38-24)28(32)20-31(18-23-5-3-15-37-23)39(33,34)25-10-8-22(29)9-11-25/h4,6-12,16-17,23H,3,5,13-15,18-20H2,1-2H3. The lowest BCUT2D eigenvalue weighted by atomic mass is 10.1. The number of thiophene rings is 1. The highest BCUT2D eigenvalue weighted by Crippen LogP contribution is 2.28. The number of benzene rings is 2. The minimum atomic E-state index is -3.96. The Morgan fingerprint density at radius 2 is 1.87 bits per heavy atom. The largest absolute Gasteiger partial charge is 0.493 e. The Balaban J connectivity index is 1.55. The summed E-state index contributed by atoms with van der Waals surface area (Å²) in [6, 6.07) is 15.6. The first-order valence-electron chi connectivity index (χ1n) is 12.7. The zero-order valence-electron chi connectivity index (χ0n) is 22.0. The molecule has 2 heterocycles. The number of methoxy groups -OCH3 is 2. The molecule has 2 aromatic carbocycles. The number of ether oxygens (including phenoxy) is 3. The minimum absolute atomic E-state index is 0.0906. The van der Waals surface area contributed by atoms with Gasteiger partial charge in [-0.3, -0.25) is 4.79 Å². The number of hydrogen-bond donors (Lipinski definition) is 0. The fourth-order valence-electron chi connectivity index (χ4n) is 4.45. The third kappa shape index (κ3) is 7.73. The lowest BCUT2D eigenvalue weighted by molar-refractivity contribution is -0.132. The van der Waals surface area contributed by atoms with E-state index >= 15 is 0 Å². The van der Waals surface area contributed by atoms with Crippen LogP contribution >= 0.6 is 22.9 Å². The molecule has 1 aliphatic heterocycles. The smallest absolute Gasteiger partial charge is 0.243 e. The fraction of sp³-hybridized carbons (Fsp3) is 0.393. The lowest BCUT2D eigenvalue weighted by Crippen LogP contribution is -2.45. The van der Waals surface area contributed by atoms with Crippen molar-refractivity contribution < 1.29 is 27.4 Å².